The van der Waals surface area contributed by atoms with Crippen LogP contribution < -0.4 is 0 Å². The number of hydrogen-bond donors (Lipinski definition) is 1. The van der Waals surface area contributed by atoms with Gasteiger partial charge in [0.2, 0.25) is 5.91 Å². The van der Waals surface area contributed by atoms with Gasteiger partial charge < -0.3 is 14.7 Å². The minimum Gasteiger partial charge on any atom is -0.479 e. The van der Waals surface area contributed by atoms with Crippen molar-refractivity contribution in [2.75, 3.05) is 13.7 Å². The van der Waals surface area contributed by atoms with Crippen molar-refractivity contribution in [3.05, 3.63) is 0 Å². The lowest BCUT2D eigenvalue weighted by Gasteiger charge is -2.41. The average Bonchev–Trinajstić information content (AvgIpc) is 2.97. The quantitative estimate of drug-likeness (QED) is 0.840. The van der Waals surface area contributed by atoms with E-state index in [4.69, 9.17) is 4.74 Å². The molecular weight excluding hydrogens is 258 g/mol. The Kier molecular flexibility index (Phi) is 5.02. The first-order valence-corrected chi connectivity index (χ1v) is 7.68. The molecule has 5 heteroatoms. The second-order valence-electron chi connectivity index (χ2n) is 6.02. The van der Waals surface area contributed by atoms with Crippen molar-refractivity contribution >= 4 is 11.9 Å². The van der Waals surface area contributed by atoms with Gasteiger partial charge in [-0.05, 0) is 32.1 Å². The molecule has 1 heterocycles. The highest BCUT2D eigenvalue weighted by Crippen LogP contribution is 2.34. The third-order valence-corrected chi connectivity index (χ3v) is 4.80. The standard InChI is InChI=1S/C15H25NO4/c1-16(13(17)8-7-12-6-5-11-20-12)15(14(18)19)9-3-2-4-10-15/h12H,2-11H2,1H3,(H,18,19). The maximum atomic E-state index is 12.3. The monoisotopic (exact) mass is 283 g/mol. The number of rotatable bonds is 5. The summed E-state index contributed by atoms with van der Waals surface area (Å²) in [7, 11) is 1.65. The van der Waals surface area contributed by atoms with Crippen molar-refractivity contribution in [1.29, 1.82) is 0 Å². The van der Waals surface area contributed by atoms with Crippen LogP contribution in [0.25, 0.3) is 0 Å². The average molecular weight is 283 g/mol. The summed E-state index contributed by atoms with van der Waals surface area (Å²) in [6.45, 7) is 0.785. The fraction of sp³-hybridized carbons (Fsp3) is 0.867. The van der Waals surface area contributed by atoms with E-state index in [2.05, 4.69) is 0 Å². The molecule has 1 saturated carbocycles. The van der Waals surface area contributed by atoms with Crippen molar-refractivity contribution in [3.63, 3.8) is 0 Å². The Morgan fingerprint density at radius 3 is 2.50 bits per heavy atom. The van der Waals surface area contributed by atoms with Crippen molar-refractivity contribution in [2.45, 2.75) is 69.4 Å². The van der Waals surface area contributed by atoms with Crippen LogP contribution in [0, 0.1) is 0 Å². The van der Waals surface area contributed by atoms with E-state index < -0.39 is 11.5 Å². The Hall–Kier alpha value is -1.10. The van der Waals surface area contributed by atoms with Gasteiger partial charge in [-0.25, -0.2) is 4.79 Å². The maximum absolute atomic E-state index is 12.3. The lowest BCUT2D eigenvalue weighted by Crippen LogP contribution is -2.56. The minimum absolute atomic E-state index is 0.0650. The van der Waals surface area contributed by atoms with Gasteiger partial charge >= 0.3 is 5.97 Å². The van der Waals surface area contributed by atoms with E-state index in [1.165, 1.54) is 4.90 Å². The van der Waals surface area contributed by atoms with Crippen molar-refractivity contribution in [1.82, 2.24) is 4.90 Å². The van der Waals surface area contributed by atoms with Gasteiger partial charge in [-0.1, -0.05) is 19.3 Å². The summed E-state index contributed by atoms with van der Waals surface area (Å²) in [6, 6.07) is 0. The molecule has 0 aromatic heterocycles. The summed E-state index contributed by atoms with van der Waals surface area (Å²) in [6.07, 6.45) is 7.33. The number of carboxylic acids is 1. The first kappa shape index (κ1) is 15.3. The van der Waals surface area contributed by atoms with Crippen LogP contribution in [0.5, 0.6) is 0 Å². The second-order valence-corrected chi connectivity index (χ2v) is 6.02. The fourth-order valence-corrected chi connectivity index (χ4v) is 3.39. The number of carbonyl (C=O) groups excluding carboxylic acids is 1. The zero-order valence-corrected chi connectivity index (χ0v) is 12.3. The predicted octanol–water partition coefficient (Wildman–Crippen LogP) is 2.19. The molecule has 0 radical (unpaired) electrons. The van der Waals surface area contributed by atoms with E-state index in [1.54, 1.807) is 7.05 Å². The molecule has 1 saturated heterocycles. The van der Waals surface area contributed by atoms with Gasteiger partial charge in [0, 0.05) is 20.1 Å². The van der Waals surface area contributed by atoms with Crippen LogP contribution in [0.4, 0.5) is 0 Å². The summed E-state index contributed by atoms with van der Waals surface area (Å²) in [5.41, 5.74) is -0.980. The molecule has 20 heavy (non-hydrogen) atoms. The molecule has 114 valence electrons. The van der Waals surface area contributed by atoms with E-state index in [0.29, 0.717) is 25.7 Å². The normalized spacial score (nSPS) is 25.4. The van der Waals surface area contributed by atoms with Crippen molar-refractivity contribution < 1.29 is 19.4 Å². The molecule has 1 N–H and O–H groups in total. The first-order chi connectivity index (χ1) is 9.56. The van der Waals surface area contributed by atoms with Crippen LogP contribution in [0.15, 0.2) is 0 Å². The molecule has 1 aliphatic heterocycles. The molecule has 5 nitrogen and oxygen atoms in total. The molecule has 2 rings (SSSR count). The number of nitrogens with zero attached hydrogens (tertiary/aromatic N) is 1. The lowest BCUT2D eigenvalue weighted by atomic mass is 9.80. The minimum atomic E-state index is -0.980. The molecule has 2 fully saturated rings. The Bertz CT molecular complexity index is 357. The van der Waals surface area contributed by atoms with Crippen molar-refractivity contribution in [3.8, 4) is 0 Å². The molecule has 0 bridgehead atoms. The lowest BCUT2D eigenvalue weighted by molar-refractivity contribution is -0.160. The van der Waals surface area contributed by atoms with Gasteiger partial charge in [-0.2, -0.15) is 0 Å². The number of ether oxygens (including phenoxy) is 1. The SMILES string of the molecule is CN(C(=O)CCC1CCCO1)C1(C(=O)O)CCCCC1. The topological polar surface area (TPSA) is 66.8 Å². The summed E-state index contributed by atoms with van der Waals surface area (Å²) in [5, 5.41) is 9.57. The molecule has 2 aliphatic rings. The maximum Gasteiger partial charge on any atom is 0.329 e. The van der Waals surface area contributed by atoms with Gasteiger partial charge in [0.05, 0.1) is 6.10 Å². The molecule has 0 aromatic rings. The van der Waals surface area contributed by atoms with E-state index >= 15 is 0 Å². The van der Waals surface area contributed by atoms with E-state index in [1.807, 2.05) is 0 Å². The summed E-state index contributed by atoms with van der Waals surface area (Å²) >= 11 is 0. The molecule has 1 aliphatic carbocycles. The predicted molar refractivity (Wildman–Crippen MR) is 74.4 cm³/mol. The second kappa shape index (κ2) is 6.57. The third-order valence-electron chi connectivity index (χ3n) is 4.80. The zero-order chi connectivity index (χ0) is 14.6. The molecule has 0 spiro atoms. The first-order valence-electron chi connectivity index (χ1n) is 7.68. The number of carboxylic acid groups (broad SMARTS) is 1. The molecule has 0 aromatic carbocycles. The summed E-state index contributed by atoms with van der Waals surface area (Å²) < 4.78 is 5.51. The highest BCUT2D eigenvalue weighted by Gasteiger charge is 2.45. The van der Waals surface area contributed by atoms with Crippen LogP contribution in [0.1, 0.15) is 57.8 Å². The van der Waals surface area contributed by atoms with E-state index in [-0.39, 0.29) is 12.0 Å². The van der Waals surface area contributed by atoms with Gasteiger partial charge in [-0.15, -0.1) is 0 Å². The number of hydrogen-bond acceptors (Lipinski definition) is 3. The molecule has 1 unspecified atom stereocenters. The van der Waals surface area contributed by atoms with E-state index in [0.717, 1.165) is 38.7 Å². The van der Waals surface area contributed by atoms with Crippen LogP contribution in [0.3, 0.4) is 0 Å². The fourth-order valence-electron chi connectivity index (χ4n) is 3.39. The highest BCUT2D eigenvalue weighted by molar-refractivity contribution is 5.87. The van der Waals surface area contributed by atoms with Gasteiger partial charge in [0.25, 0.3) is 0 Å². The van der Waals surface area contributed by atoms with Crippen molar-refractivity contribution in [2.24, 2.45) is 0 Å². The zero-order valence-electron chi connectivity index (χ0n) is 12.3. The summed E-state index contributed by atoms with van der Waals surface area (Å²) in [4.78, 5) is 25.5. The summed E-state index contributed by atoms with van der Waals surface area (Å²) in [5.74, 6) is -0.921. The number of carbonyl (C=O) groups is 2. The molecule has 1 atom stereocenters. The number of amides is 1. The van der Waals surface area contributed by atoms with Crippen LogP contribution in [0.2, 0.25) is 0 Å². The number of likely N-dealkylation sites (N-methyl/N-ethyl adjacent to an activating group) is 1. The highest BCUT2D eigenvalue weighted by atomic mass is 16.5. The molecular formula is C15H25NO4. The Morgan fingerprint density at radius 2 is 1.95 bits per heavy atom. The smallest absolute Gasteiger partial charge is 0.329 e. The van der Waals surface area contributed by atoms with Gasteiger partial charge in [-0.3, -0.25) is 4.79 Å². The third kappa shape index (κ3) is 3.14. The Morgan fingerprint density at radius 1 is 1.25 bits per heavy atom. The Balaban J connectivity index is 1.94. The van der Waals surface area contributed by atoms with Crippen LogP contribution >= 0.6 is 0 Å². The molecule has 1 amide bonds. The van der Waals surface area contributed by atoms with Gasteiger partial charge in [0.15, 0.2) is 0 Å². The number of aliphatic carboxylic acids is 1. The van der Waals surface area contributed by atoms with Gasteiger partial charge in [0.1, 0.15) is 5.54 Å². The Labute approximate surface area is 120 Å². The van der Waals surface area contributed by atoms with Crippen LogP contribution in [-0.4, -0.2) is 47.2 Å². The largest absolute Gasteiger partial charge is 0.479 e. The van der Waals surface area contributed by atoms with E-state index in [9.17, 15) is 14.7 Å². The van der Waals surface area contributed by atoms with Crippen LogP contribution in [-0.2, 0) is 14.3 Å².